The zero-order valence-electron chi connectivity index (χ0n) is 13.5. The molecule has 0 aromatic heterocycles. The lowest BCUT2D eigenvalue weighted by atomic mass is 9.79. The van der Waals surface area contributed by atoms with Crippen LogP contribution in [0.5, 0.6) is 0 Å². The molecule has 4 nitrogen and oxygen atoms in total. The molecule has 2 heterocycles. The van der Waals surface area contributed by atoms with E-state index >= 15 is 0 Å². The standard InChI is InChI=1S/C16H21BClNO3/c1-15(2)16(3,4)22-17(21-15)11-6-7-12(13(18)10-11)14(20)19-8-5-9-19/h6-7,10H,5,8-9H2,1-4H3. The molecule has 0 aliphatic carbocycles. The summed E-state index contributed by atoms with van der Waals surface area (Å²) in [6, 6.07) is 5.40. The largest absolute Gasteiger partial charge is 0.494 e. The van der Waals surface area contributed by atoms with Gasteiger partial charge < -0.3 is 14.2 Å². The number of nitrogens with zero attached hydrogens (tertiary/aromatic N) is 1. The van der Waals surface area contributed by atoms with E-state index in [1.54, 1.807) is 17.0 Å². The van der Waals surface area contributed by atoms with Crippen LogP contribution in [0.4, 0.5) is 0 Å². The van der Waals surface area contributed by atoms with E-state index in [0.717, 1.165) is 25.0 Å². The van der Waals surface area contributed by atoms with Crippen LogP contribution >= 0.6 is 11.6 Å². The number of carbonyl (C=O) groups is 1. The van der Waals surface area contributed by atoms with Crippen molar-refractivity contribution in [1.82, 2.24) is 4.90 Å². The van der Waals surface area contributed by atoms with E-state index in [4.69, 9.17) is 20.9 Å². The smallest absolute Gasteiger partial charge is 0.399 e. The third-order valence-corrected chi connectivity index (χ3v) is 5.20. The minimum absolute atomic E-state index is 0.00304. The van der Waals surface area contributed by atoms with Crippen molar-refractivity contribution >= 4 is 30.1 Å². The molecule has 2 aliphatic heterocycles. The highest BCUT2D eigenvalue weighted by Gasteiger charge is 2.51. The van der Waals surface area contributed by atoms with Crippen LogP contribution in [0.2, 0.25) is 5.02 Å². The number of carbonyl (C=O) groups excluding carboxylic acids is 1. The van der Waals surface area contributed by atoms with Gasteiger partial charge in [0.2, 0.25) is 0 Å². The van der Waals surface area contributed by atoms with Crippen molar-refractivity contribution in [3.8, 4) is 0 Å². The normalized spacial score (nSPS) is 22.6. The van der Waals surface area contributed by atoms with Gasteiger partial charge in [-0.05, 0) is 51.7 Å². The second kappa shape index (κ2) is 5.26. The fourth-order valence-corrected chi connectivity index (χ4v) is 2.79. The minimum Gasteiger partial charge on any atom is -0.399 e. The Balaban J connectivity index is 1.82. The van der Waals surface area contributed by atoms with E-state index < -0.39 is 18.3 Å². The van der Waals surface area contributed by atoms with Gasteiger partial charge in [-0.25, -0.2) is 0 Å². The first-order valence-electron chi connectivity index (χ1n) is 7.66. The number of likely N-dealkylation sites (tertiary alicyclic amines) is 1. The number of rotatable bonds is 2. The molecule has 3 rings (SSSR count). The number of halogens is 1. The number of amides is 1. The first-order valence-corrected chi connectivity index (χ1v) is 8.03. The summed E-state index contributed by atoms with van der Waals surface area (Å²) in [4.78, 5) is 14.1. The molecule has 0 saturated carbocycles. The number of benzene rings is 1. The van der Waals surface area contributed by atoms with Crippen molar-refractivity contribution in [1.29, 1.82) is 0 Å². The summed E-state index contributed by atoms with van der Waals surface area (Å²) >= 11 is 6.31. The second-order valence-electron chi connectivity index (χ2n) is 6.97. The molecular weight excluding hydrogens is 300 g/mol. The SMILES string of the molecule is CC1(C)OB(c2ccc(C(=O)N3CCC3)c(Cl)c2)OC1(C)C. The Hall–Kier alpha value is -1.04. The Labute approximate surface area is 136 Å². The van der Waals surface area contributed by atoms with Crippen molar-refractivity contribution < 1.29 is 14.1 Å². The number of hydrogen-bond donors (Lipinski definition) is 0. The Morgan fingerprint density at radius 3 is 2.23 bits per heavy atom. The highest BCUT2D eigenvalue weighted by Crippen LogP contribution is 2.36. The van der Waals surface area contributed by atoms with Gasteiger partial charge in [0.25, 0.3) is 5.91 Å². The molecule has 6 heteroatoms. The third kappa shape index (κ3) is 2.55. The molecule has 1 amide bonds. The van der Waals surface area contributed by atoms with Crippen LogP contribution in [0.25, 0.3) is 0 Å². The summed E-state index contributed by atoms with van der Waals surface area (Å²) in [5.41, 5.74) is 0.595. The molecule has 118 valence electrons. The van der Waals surface area contributed by atoms with E-state index in [-0.39, 0.29) is 5.91 Å². The maximum Gasteiger partial charge on any atom is 0.494 e. The lowest BCUT2D eigenvalue weighted by Gasteiger charge is -2.32. The van der Waals surface area contributed by atoms with Crippen LogP contribution in [0, 0.1) is 0 Å². The van der Waals surface area contributed by atoms with Gasteiger partial charge >= 0.3 is 7.12 Å². The predicted octanol–water partition coefficient (Wildman–Crippen LogP) is 2.49. The van der Waals surface area contributed by atoms with Crippen molar-refractivity contribution in [2.45, 2.75) is 45.3 Å². The van der Waals surface area contributed by atoms with Gasteiger partial charge in [0.05, 0.1) is 21.8 Å². The second-order valence-corrected chi connectivity index (χ2v) is 7.38. The molecule has 0 N–H and O–H groups in total. The quantitative estimate of drug-likeness (QED) is 0.786. The van der Waals surface area contributed by atoms with E-state index in [1.165, 1.54) is 0 Å². The maximum absolute atomic E-state index is 12.3. The molecule has 2 saturated heterocycles. The molecule has 1 aromatic rings. The first kappa shape index (κ1) is 15.8. The fourth-order valence-electron chi connectivity index (χ4n) is 2.52. The zero-order valence-corrected chi connectivity index (χ0v) is 14.2. The van der Waals surface area contributed by atoms with E-state index in [2.05, 4.69) is 0 Å². The molecular formula is C16H21BClNO3. The Bertz CT molecular complexity index is 597. The summed E-state index contributed by atoms with van der Waals surface area (Å²) in [7, 11) is -0.462. The summed E-state index contributed by atoms with van der Waals surface area (Å²) in [6.45, 7) is 9.67. The highest BCUT2D eigenvalue weighted by atomic mass is 35.5. The molecule has 22 heavy (non-hydrogen) atoms. The van der Waals surface area contributed by atoms with Crippen LogP contribution in [-0.4, -0.2) is 42.2 Å². The van der Waals surface area contributed by atoms with E-state index in [0.29, 0.717) is 10.6 Å². The maximum atomic E-state index is 12.3. The lowest BCUT2D eigenvalue weighted by Crippen LogP contribution is -2.42. The molecule has 1 aromatic carbocycles. The molecule has 2 fully saturated rings. The molecule has 0 unspecified atom stereocenters. The van der Waals surface area contributed by atoms with Crippen molar-refractivity contribution in [2.24, 2.45) is 0 Å². The summed E-state index contributed by atoms with van der Waals surface area (Å²) < 4.78 is 12.0. The van der Waals surface area contributed by atoms with E-state index in [1.807, 2.05) is 33.8 Å². The van der Waals surface area contributed by atoms with Gasteiger partial charge in [-0.2, -0.15) is 0 Å². The van der Waals surface area contributed by atoms with Crippen molar-refractivity contribution in [3.05, 3.63) is 28.8 Å². The van der Waals surface area contributed by atoms with Gasteiger partial charge in [0.15, 0.2) is 0 Å². The Kier molecular flexibility index (Phi) is 3.79. The Morgan fingerprint density at radius 1 is 1.18 bits per heavy atom. The van der Waals surface area contributed by atoms with Gasteiger partial charge in [-0.3, -0.25) is 4.79 Å². The molecule has 0 atom stereocenters. The van der Waals surface area contributed by atoms with Crippen LogP contribution in [0.1, 0.15) is 44.5 Å². The molecule has 2 aliphatic rings. The minimum atomic E-state index is -0.462. The number of hydrogen-bond acceptors (Lipinski definition) is 3. The van der Waals surface area contributed by atoms with E-state index in [9.17, 15) is 4.79 Å². The monoisotopic (exact) mass is 321 g/mol. The average molecular weight is 322 g/mol. The van der Waals surface area contributed by atoms with Crippen LogP contribution in [0.3, 0.4) is 0 Å². The average Bonchev–Trinajstić information content (AvgIpc) is 2.56. The van der Waals surface area contributed by atoms with Gasteiger partial charge in [-0.15, -0.1) is 0 Å². The van der Waals surface area contributed by atoms with Gasteiger partial charge in [-0.1, -0.05) is 17.7 Å². The van der Waals surface area contributed by atoms with Crippen molar-refractivity contribution in [3.63, 3.8) is 0 Å². The van der Waals surface area contributed by atoms with Crippen molar-refractivity contribution in [2.75, 3.05) is 13.1 Å². The van der Waals surface area contributed by atoms with Crippen LogP contribution in [0.15, 0.2) is 18.2 Å². The Morgan fingerprint density at radius 2 is 1.77 bits per heavy atom. The zero-order chi connectivity index (χ0) is 16.1. The molecule has 0 bridgehead atoms. The molecule has 0 spiro atoms. The van der Waals surface area contributed by atoms with Crippen LogP contribution < -0.4 is 5.46 Å². The predicted molar refractivity (Wildman–Crippen MR) is 87.7 cm³/mol. The van der Waals surface area contributed by atoms with Gasteiger partial charge in [0, 0.05) is 13.1 Å². The fraction of sp³-hybridized carbons (Fsp3) is 0.562. The summed E-state index contributed by atoms with van der Waals surface area (Å²) in [5, 5.41) is 0.448. The summed E-state index contributed by atoms with van der Waals surface area (Å²) in [5.74, 6) is -0.00304. The van der Waals surface area contributed by atoms with Crippen LogP contribution in [-0.2, 0) is 9.31 Å². The highest BCUT2D eigenvalue weighted by molar-refractivity contribution is 6.62. The van der Waals surface area contributed by atoms with Gasteiger partial charge in [0.1, 0.15) is 0 Å². The lowest BCUT2D eigenvalue weighted by molar-refractivity contribution is 0.00578. The molecule has 0 radical (unpaired) electrons. The summed E-state index contributed by atoms with van der Waals surface area (Å²) in [6.07, 6.45) is 1.06. The topological polar surface area (TPSA) is 38.8 Å². The third-order valence-electron chi connectivity index (χ3n) is 4.89. The first-order chi connectivity index (χ1) is 10.2.